The van der Waals surface area contributed by atoms with Gasteiger partial charge in [0.05, 0.1) is 19.3 Å². The van der Waals surface area contributed by atoms with E-state index in [1.807, 2.05) is 6.07 Å². The quantitative estimate of drug-likeness (QED) is 0.105. The summed E-state index contributed by atoms with van der Waals surface area (Å²) in [6.07, 6.45) is 1.17. The standard InChI is InChI=1S/C27H26NSi.C5H8O2.Ir/c1-27(2)23-16-19(26-15-11-18-8-6-7-9-25(18)28-26)10-13-21(23)22-14-12-20(17-24(22)27)29(3,4)5;1-4(6)3-5(2)7;/h6-9,11-17H,1-5H3;3,6H,1-2H3;/q-1;;/b;4-3-;. The molecule has 0 amide bonds. The summed E-state index contributed by atoms with van der Waals surface area (Å²) in [4.78, 5) is 14.9. The summed E-state index contributed by atoms with van der Waals surface area (Å²) in [5.74, 6) is -0.0625. The van der Waals surface area contributed by atoms with Crippen molar-refractivity contribution >= 4 is 29.9 Å². The largest absolute Gasteiger partial charge is 0.512 e. The molecule has 0 unspecified atom stereocenters. The summed E-state index contributed by atoms with van der Waals surface area (Å²) in [6, 6.07) is 27.7. The summed E-state index contributed by atoms with van der Waals surface area (Å²) in [6.45, 7) is 14.8. The van der Waals surface area contributed by atoms with Crippen molar-refractivity contribution in [3.8, 4) is 22.4 Å². The molecular weight excluding hydrogens is 651 g/mol. The molecule has 193 valence electrons. The van der Waals surface area contributed by atoms with Crippen LogP contribution in [0.3, 0.4) is 0 Å². The first kappa shape index (κ1) is 28.7. The number of pyridine rings is 1. The molecule has 0 bridgehead atoms. The van der Waals surface area contributed by atoms with Gasteiger partial charge >= 0.3 is 0 Å². The first-order valence-electron chi connectivity index (χ1n) is 12.3. The molecule has 1 aliphatic rings. The third-order valence-corrected chi connectivity index (χ3v) is 8.80. The Morgan fingerprint density at radius 3 is 2.24 bits per heavy atom. The molecule has 3 nitrogen and oxygen atoms in total. The number of benzene rings is 3. The Balaban J connectivity index is 0.000000422. The van der Waals surface area contributed by atoms with Gasteiger partial charge < -0.3 is 5.11 Å². The molecule has 0 saturated heterocycles. The predicted octanol–water partition coefficient (Wildman–Crippen LogP) is 7.59. The first-order valence-corrected chi connectivity index (χ1v) is 15.8. The van der Waals surface area contributed by atoms with Crippen molar-refractivity contribution in [1.82, 2.24) is 4.98 Å². The summed E-state index contributed by atoms with van der Waals surface area (Å²) in [5.41, 5.74) is 8.58. The van der Waals surface area contributed by atoms with E-state index in [1.54, 1.807) is 0 Å². The number of allylic oxidation sites excluding steroid dienone is 2. The van der Waals surface area contributed by atoms with Gasteiger partial charge in [0.25, 0.3) is 0 Å². The van der Waals surface area contributed by atoms with Crippen LogP contribution in [0.4, 0.5) is 0 Å². The summed E-state index contributed by atoms with van der Waals surface area (Å²) >= 11 is 0. The van der Waals surface area contributed by atoms with Gasteiger partial charge in [-0.1, -0.05) is 98.3 Å². The van der Waals surface area contributed by atoms with Gasteiger partial charge in [-0.2, -0.15) is 0 Å². The van der Waals surface area contributed by atoms with E-state index in [1.165, 1.54) is 52.8 Å². The van der Waals surface area contributed by atoms with Crippen LogP contribution in [0.5, 0.6) is 0 Å². The van der Waals surface area contributed by atoms with Crippen LogP contribution in [0.1, 0.15) is 38.8 Å². The van der Waals surface area contributed by atoms with E-state index in [2.05, 4.69) is 100 Å². The number of aromatic nitrogens is 1. The maximum Gasteiger partial charge on any atom is 0.155 e. The molecule has 0 saturated carbocycles. The van der Waals surface area contributed by atoms with Gasteiger partial charge in [-0.3, -0.25) is 9.78 Å². The molecule has 0 spiro atoms. The van der Waals surface area contributed by atoms with Crippen molar-refractivity contribution < 1.29 is 30.0 Å². The van der Waals surface area contributed by atoms with Crippen LogP contribution >= 0.6 is 0 Å². The molecule has 0 atom stereocenters. The molecule has 1 radical (unpaired) electrons. The molecule has 0 fully saturated rings. The van der Waals surface area contributed by atoms with Crippen LogP contribution in [-0.2, 0) is 30.3 Å². The number of nitrogens with zero attached hydrogens (tertiary/aromatic N) is 1. The van der Waals surface area contributed by atoms with E-state index in [0.29, 0.717) is 0 Å². The monoisotopic (exact) mass is 685 g/mol. The fraction of sp³-hybridized carbons (Fsp3) is 0.250. The Morgan fingerprint density at radius 1 is 0.946 bits per heavy atom. The van der Waals surface area contributed by atoms with Crippen molar-refractivity contribution in [2.45, 2.75) is 52.8 Å². The third-order valence-electron chi connectivity index (χ3n) is 6.76. The van der Waals surface area contributed by atoms with Crippen LogP contribution in [0.25, 0.3) is 33.3 Å². The number of fused-ring (bicyclic) bond motifs is 4. The van der Waals surface area contributed by atoms with Gasteiger partial charge in [0.2, 0.25) is 0 Å². The summed E-state index contributed by atoms with van der Waals surface area (Å²) < 4.78 is 0. The Kier molecular flexibility index (Phi) is 8.43. The van der Waals surface area contributed by atoms with Crippen molar-refractivity contribution in [2.24, 2.45) is 0 Å². The van der Waals surface area contributed by atoms with Crippen molar-refractivity contribution in [3.63, 3.8) is 0 Å². The second kappa shape index (κ2) is 10.9. The van der Waals surface area contributed by atoms with Gasteiger partial charge in [-0.15, -0.1) is 29.3 Å². The van der Waals surface area contributed by atoms with Crippen LogP contribution in [-0.4, -0.2) is 23.9 Å². The number of hydrogen-bond donors (Lipinski definition) is 1. The molecule has 1 aromatic heterocycles. The maximum atomic E-state index is 10.0. The molecule has 1 heterocycles. The smallest absolute Gasteiger partial charge is 0.155 e. The van der Waals surface area contributed by atoms with Crippen LogP contribution < -0.4 is 5.19 Å². The number of carbonyl (C=O) groups excluding carboxylic acids is 1. The minimum atomic E-state index is -1.35. The SMILES string of the molecule is CC(=O)/C=C(/C)O.CC1(C)c2cc(-c3ccc4ccccc4n3)[c-]cc2-c2ccc([Si](C)(C)C)cc21.[Ir]. The number of carbonyl (C=O) groups is 1. The van der Waals surface area contributed by atoms with E-state index < -0.39 is 8.07 Å². The fourth-order valence-corrected chi connectivity index (χ4v) is 5.96. The number of ketones is 1. The zero-order valence-corrected chi connectivity index (χ0v) is 26.0. The summed E-state index contributed by atoms with van der Waals surface area (Å²) in [5, 5.41) is 11.1. The minimum Gasteiger partial charge on any atom is -0.512 e. The molecule has 5 heteroatoms. The molecule has 5 rings (SSSR count). The van der Waals surface area contributed by atoms with E-state index in [9.17, 15) is 4.79 Å². The van der Waals surface area contributed by atoms with Crippen molar-refractivity contribution in [2.75, 3.05) is 0 Å². The molecule has 1 aliphatic carbocycles. The Bertz CT molecular complexity index is 1490. The molecule has 0 aliphatic heterocycles. The van der Waals surface area contributed by atoms with Gasteiger partial charge in [0.15, 0.2) is 5.78 Å². The predicted molar refractivity (Wildman–Crippen MR) is 154 cm³/mol. The Morgan fingerprint density at radius 2 is 1.62 bits per heavy atom. The normalized spacial score (nSPS) is 13.6. The molecular formula is C32H34IrNO2Si-. The molecule has 3 aromatic carbocycles. The van der Waals surface area contributed by atoms with Crippen molar-refractivity contribution in [1.29, 1.82) is 0 Å². The van der Waals surface area contributed by atoms with E-state index in [-0.39, 0.29) is 37.1 Å². The van der Waals surface area contributed by atoms with E-state index in [4.69, 9.17) is 10.1 Å². The van der Waals surface area contributed by atoms with Crippen LogP contribution in [0.2, 0.25) is 19.6 Å². The van der Waals surface area contributed by atoms with Crippen molar-refractivity contribution in [3.05, 3.63) is 95.8 Å². The van der Waals surface area contributed by atoms with Gasteiger partial charge in [-0.25, -0.2) is 0 Å². The Hall–Kier alpha value is -2.85. The number of rotatable bonds is 3. The number of aliphatic hydroxyl groups is 1. The molecule has 4 aromatic rings. The Labute approximate surface area is 235 Å². The zero-order valence-electron chi connectivity index (χ0n) is 22.6. The average Bonchev–Trinajstić information content (AvgIpc) is 3.04. The number of aliphatic hydroxyl groups excluding tert-OH is 1. The number of hydrogen-bond acceptors (Lipinski definition) is 3. The van der Waals surface area contributed by atoms with Gasteiger partial charge in [0, 0.05) is 26.2 Å². The minimum absolute atomic E-state index is 0. The topological polar surface area (TPSA) is 50.2 Å². The van der Waals surface area contributed by atoms with Gasteiger partial charge in [-0.05, 0) is 42.0 Å². The third kappa shape index (κ3) is 6.01. The van der Waals surface area contributed by atoms with E-state index >= 15 is 0 Å². The average molecular weight is 685 g/mol. The summed E-state index contributed by atoms with van der Waals surface area (Å²) in [7, 11) is -1.35. The number of para-hydroxylation sites is 1. The van der Waals surface area contributed by atoms with E-state index in [0.717, 1.165) is 16.8 Å². The second-order valence-electron chi connectivity index (χ2n) is 11.1. The second-order valence-corrected chi connectivity index (χ2v) is 16.2. The van der Waals surface area contributed by atoms with Crippen LogP contribution in [0.15, 0.2) is 78.6 Å². The van der Waals surface area contributed by atoms with Gasteiger partial charge in [0.1, 0.15) is 0 Å². The van der Waals surface area contributed by atoms with Crippen LogP contribution in [0, 0.1) is 6.07 Å². The fourth-order valence-electron chi connectivity index (χ4n) is 4.80. The molecule has 37 heavy (non-hydrogen) atoms. The maximum absolute atomic E-state index is 10.0. The molecule has 1 N–H and O–H groups in total. The zero-order chi connectivity index (χ0) is 26.3. The first-order chi connectivity index (χ1) is 16.9.